The SMILES string of the molecule is CC1(C)CN(CC2CCNCC2)c2cc(N)ccc21. The molecule has 3 rings (SSSR count). The first-order chi connectivity index (χ1) is 9.06. The van der Waals surface area contributed by atoms with E-state index in [9.17, 15) is 0 Å². The van der Waals surface area contributed by atoms with Gasteiger partial charge in [-0.1, -0.05) is 19.9 Å². The Balaban J connectivity index is 1.82. The highest BCUT2D eigenvalue weighted by Gasteiger charge is 2.35. The normalized spacial score (nSPS) is 22.5. The molecule has 1 aromatic rings. The first kappa shape index (κ1) is 12.8. The second-order valence-electron chi connectivity index (χ2n) is 6.73. The van der Waals surface area contributed by atoms with Crippen LogP contribution in [0.1, 0.15) is 32.3 Å². The zero-order chi connectivity index (χ0) is 13.5. The quantitative estimate of drug-likeness (QED) is 0.801. The zero-order valence-corrected chi connectivity index (χ0v) is 12.1. The Kier molecular flexibility index (Phi) is 3.17. The van der Waals surface area contributed by atoms with Crippen LogP contribution in [-0.4, -0.2) is 26.2 Å². The van der Waals surface area contributed by atoms with Crippen molar-refractivity contribution < 1.29 is 0 Å². The highest BCUT2D eigenvalue weighted by atomic mass is 15.2. The number of hydrogen-bond acceptors (Lipinski definition) is 3. The minimum absolute atomic E-state index is 0.246. The van der Waals surface area contributed by atoms with Crippen LogP contribution in [0.3, 0.4) is 0 Å². The van der Waals surface area contributed by atoms with Gasteiger partial charge in [-0.15, -0.1) is 0 Å². The van der Waals surface area contributed by atoms with Crippen LogP contribution >= 0.6 is 0 Å². The lowest BCUT2D eigenvalue weighted by Crippen LogP contribution is -2.37. The van der Waals surface area contributed by atoms with E-state index in [1.165, 1.54) is 43.7 Å². The molecule has 1 saturated heterocycles. The molecule has 0 unspecified atom stereocenters. The molecule has 1 aromatic carbocycles. The molecule has 0 radical (unpaired) electrons. The van der Waals surface area contributed by atoms with Gasteiger partial charge in [0.1, 0.15) is 0 Å². The van der Waals surface area contributed by atoms with Crippen molar-refractivity contribution in [3.63, 3.8) is 0 Å². The van der Waals surface area contributed by atoms with Crippen LogP contribution in [0.2, 0.25) is 0 Å². The molecule has 0 amide bonds. The van der Waals surface area contributed by atoms with Gasteiger partial charge in [0.25, 0.3) is 0 Å². The first-order valence-electron chi connectivity index (χ1n) is 7.42. The first-order valence-corrected chi connectivity index (χ1v) is 7.42. The number of rotatable bonds is 2. The Morgan fingerprint density at radius 2 is 2.05 bits per heavy atom. The summed E-state index contributed by atoms with van der Waals surface area (Å²) in [5, 5.41) is 3.45. The van der Waals surface area contributed by atoms with Crippen LogP contribution in [0.4, 0.5) is 11.4 Å². The minimum atomic E-state index is 0.246. The number of nitrogens with zero attached hydrogens (tertiary/aromatic N) is 1. The van der Waals surface area contributed by atoms with Gasteiger partial charge >= 0.3 is 0 Å². The van der Waals surface area contributed by atoms with Crippen LogP contribution < -0.4 is 16.0 Å². The maximum Gasteiger partial charge on any atom is 0.0425 e. The summed E-state index contributed by atoms with van der Waals surface area (Å²) in [4.78, 5) is 2.56. The maximum atomic E-state index is 5.98. The van der Waals surface area contributed by atoms with Crippen molar-refractivity contribution in [2.75, 3.05) is 36.8 Å². The highest BCUT2D eigenvalue weighted by Crippen LogP contribution is 2.41. The number of fused-ring (bicyclic) bond motifs is 1. The van der Waals surface area contributed by atoms with Gasteiger partial charge < -0.3 is 16.0 Å². The van der Waals surface area contributed by atoms with Crippen molar-refractivity contribution >= 4 is 11.4 Å². The van der Waals surface area contributed by atoms with Gasteiger partial charge in [0.15, 0.2) is 0 Å². The molecule has 2 heterocycles. The number of hydrogen-bond donors (Lipinski definition) is 2. The molecule has 2 aliphatic heterocycles. The second-order valence-corrected chi connectivity index (χ2v) is 6.73. The average Bonchev–Trinajstić information content (AvgIpc) is 2.62. The monoisotopic (exact) mass is 259 g/mol. The van der Waals surface area contributed by atoms with Crippen molar-refractivity contribution in [3.05, 3.63) is 23.8 Å². The lowest BCUT2D eigenvalue weighted by molar-refractivity contribution is 0.370. The van der Waals surface area contributed by atoms with Crippen LogP contribution in [0.15, 0.2) is 18.2 Å². The summed E-state index contributed by atoms with van der Waals surface area (Å²) in [6.07, 6.45) is 2.60. The molecule has 104 valence electrons. The van der Waals surface area contributed by atoms with Crippen molar-refractivity contribution in [1.82, 2.24) is 5.32 Å². The highest BCUT2D eigenvalue weighted by molar-refractivity contribution is 5.67. The molecule has 0 saturated carbocycles. The summed E-state index contributed by atoms with van der Waals surface area (Å²) in [7, 11) is 0. The van der Waals surface area contributed by atoms with E-state index >= 15 is 0 Å². The van der Waals surface area contributed by atoms with Gasteiger partial charge in [-0.05, 0) is 49.5 Å². The summed E-state index contributed by atoms with van der Waals surface area (Å²) in [5.41, 5.74) is 9.92. The summed E-state index contributed by atoms with van der Waals surface area (Å²) >= 11 is 0. The fourth-order valence-electron chi connectivity index (χ4n) is 3.57. The van der Waals surface area contributed by atoms with Crippen molar-refractivity contribution in [3.8, 4) is 0 Å². The maximum absolute atomic E-state index is 5.98. The van der Waals surface area contributed by atoms with Gasteiger partial charge in [0, 0.05) is 29.9 Å². The van der Waals surface area contributed by atoms with E-state index in [0.29, 0.717) is 0 Å². The molecule has 3 N–H and O–H groups in total. The molecule has 2 aliphatic rings. The molecular formula is C16H25N3. The van der Waals surface area contributed by atoms with Crippen molar-refractivity contribution in [2.24, 2.45) is 5.92 Å². The molecule has 0 bridgehead atoms. The predicted octanol–water partition coefficient (Wildman–Crippen LogP) is 2.37. The Hall–Kier alpha value is -1.22. The van der Waals surface area contributed by atoms with E-state index < -0.39 is 0 Å². The minimum Gasteiger partial charge on any atom is -0.399 e. The van der Waals surface area contributed by atoms with E-state index in [-0.39, 0.29) is 5.41 Å². The molecule has 19 heavy (non-hydrogen) atoms. The smallest absolute Gasteiger partial charge is 0.0425 e. The zero-order valence-electron chi connectivity index (χ0n) is 12.1. The average molecular weight is 259 g/mol. The predicted molar refractivity (Wildman–Crippen MR) is 81.7 cm³/mol. The molecule has 1 fully saturated rings. The number of benzene rings is 1. The topological polar surface area (TPSA) is 41.3 Å². The van der Waals surface area contributed by atoms with Crippen molar-refractivity contribution in [2.45, 2.75) is 32.1 Å². The standard InChI is InChI=1S/C16H25N3/c1-16(2)11-19(10-12-5-7-18-8-6-12)15-9-13(17)3-4-14(15)16/h3-4,9,12,18H,5-8,10-11,17H2,1-2H3. The molecule has 0 spiro atoms. The lowest BCUT2D eigenvalue weighted by Gasteiger charge is -2.30. The molecule has 0 atom stereocenters. The number of nitrogen functional groups attached to an aromatic ring is 1. The lowest BCUT2D eigenvalue weighted by atomic mass is 9.87. The van der Waals surface area contributed by atoms with Crippen LogP contribution in [0.5, 0.6) is 0 Å². The number of nitrogens with two attached hydrogens (primary N) is 1. The van der Waals surface area contributed by atoms with Crippen LogP contribution in [0.25, 0.3) is 0 Å². The van der Waals surface area contributed by atoms with Gasteiger partial charge in [-0.25, -0.2) is 0 Å². The Morgan fingerprint density at radius 3 is 2.79 bits per heavy atom. The van der Waals surface area contributed by atoms with Crippen LogP contribution in [-0.2, 0) is 5.41 Å². The number of piperidine rings is 1. The van der Waals surface area contributed by atoms with Gasteiger partial charge in [0.2, 0.25) is 0 Å². The number of nitrogens with one attached hydrogen (secondary N) is 1. The molecule has 0 aromatic heterocycles. The second kappa shape index (κ2) is 4.71. The third-order valence-electron chi connectivity index (χ3n) is 4.62. The summed E-state index contributed by atoms with van der Waals surface area (Å²) in [6, 6.07) is 6.41. The fourth-order valence-corrected chi connectivity index (χ4v) is 3.57. The summed E-state index contributed by atoms with van der Waals surface area (Å²) in [6.45, 7) is 9.32. The van der Waals surface area contributed by atoms with E-state index in [1.54, 1.807) is 0 Å². The van der Waals surface area contributed by atoms with E-state index in [0.717, 1.165) is 18.2 Å². The Labute approximate surface area is 116 Å². The van der Waals surface area contributed by atoms with E-state index in [2.05, 4.69) is 36.2 Å². The Bertz CT molecular complexity index is 461. The fraction of sp³-hybridized carbons (Fsp3) is 0.625. The largest absolute Gasteiger partial charge is 0.399 e. The van der Waals surface area contributed by atoms with E-state index in [4.69, 9.17) is 5.73 Å². The van der Waals surface area contributed by atoms with Gasteiger partial charge in [-0.3, -0.25) is 0 Å². The van der Waals surface area contributed by atoms with Crippen LogP contribution in [0, 0.1) is 5.92 Å². The third-order valence-corrected chi connectivity index (χ3v) is 4.62. The molecule has 0 aliphatic carbocycles. The van der Waals surface area contributed by atoms with E-state index in [1.807, 2.05) is 6.07 Å². The van der Waals surface area contributed by atoms with Gasteiger partial charge in [-0.2, -0.15) is 0 Å². The Morgan fingerprint density at radius 1 is 1.32 bits per heavy atom. The molecular weight excluding hydrogens is 234 g/mol. The third kappa shape index (κ3) is 2.44. The number of anilines is 2. The molecule has 3 heteroatoms. The summed E-state index contributed by atoms with van der Waals surface area (Å²) < 4.78 is 0. The molecule has 3 nitrogen and oxygen atoms in total. The summed E-state index contributed by atoms with van der Waals surface area (Å²) in [5.74, 6) is 0.824. The van der Waals surface area contributed by atoms with Gasteiger partial charge in [0.05, 0.1) is 0 Å². The van der Waals surface area contributed by atoms with Crippen molar-refractivity contribution in [1.29, 1.82) is 0 Å².